The number of nitrogens with one attached hydrogen (secondary N) is 1. The number of fused-ring (bicyclic) bond motifs is 3. The van der Waals surface area contributed by atoms with Crippen LogP contribution in [0.2, 0.25) is 0 Å². The lowest BCUT2D eigenvalue weighted by Crippen LogP contribution is -2.18. The van der Waals surface area contributed by atoms with Gasteiger partial charge in [0.05, 0.1) is 0 Å². The van der Waals surface area contributed by atoms with Gasteiger partial charge in [0.2, 0.25) is 0 Å². The van der Waals surface area contributed by atoms with Crippen LogP contribution >= 0.6 is 0 Å². The number of anilines is 1. The van der Waals surface area contributed by atoms with E-state index in [2.05, 4.69) is 29.6 Å². The molecule has 0 saturated heterocycles. The maximum atomic E-state index is 13.9. The molecule has 0 spiro atoms. The summed E-state index contributed by atoms with van der Waals surface area (Å²) in [4.78, 5) is 12.2. The molecule has 0 atom stereocenters. The predicted octanol–water partition coefficient (Wildman–Crippen LogP) is 4.72. The van der Waals surface area contributed by atoms with Crippen molar-refractivity contribution >= 4 is 11.8 Å². The summed E-state index contributed by atoms with van der Waals surface area (Å²) in [5, 5.41) is 11.5. The predicted molar refractivity (Wildman–Crippen MR) is 106 cm³/mol. The topological polar surface area (TPSA) is 58.6 Å². The van der Waals surface area contributed by atoms with E-state index in [0.717, 1.165) is 22.3 Å². The number of carbonyl (C=O) groups is 1. The smallest absolute Gasteiger partial charge is 0.411 e. The van der Waals surface area contributed by atoms with Crippen LogP contribution in [0, 0.1) is 5.82 Å². The minimum Gasteiger partial charge on any atom is -0.448 e. The van der Waals surface area contributed by atoms with E-state index in [1.54, 1.807) is 12.1 Å². The fourth-order valence-electron chi connectivity index (χ4n) is 3.70. The maximum absolute atomic E-state index is 13.9. The highest BCUT2D eigenvalue weighted by Gasteiger charge is 2.29. The molecule has 0 radical (unpaired) electrons. The first kappa shape index (κ1) is 18.2. The van der Waals surface area contributed by atoms with Gasteiger partial charge in [0.25, 0.3) is 0 Å². The van der Waals surface area contributed by atoms with Crippen LogP contribution in [0.1, 0.15) is 22.6 Å². The number of halogens is 1. The van der Waals surface area contributed by atoms with Gasteiger partial charge in [0, 0.05) is 18.2 Å². The summed E-state index contributed by atoms with van der Waals surface area (Å²) in [7, 11) is 0. The Kier molecular flexibility index (Phi) is 5.08. The van der Waals surface area contributed by atoms with Crippen LogP contribution in [-0.2, 0) is 11.2 Å². The second-order valence-corrected chi connectivity index (χ2v) is 6.73. The second-order valence-electron chi connectivity index (χ2n) is 6.73. The summed E-state index contributed by atoms with van der Waals surface area (Å²) >= 11 is 0. The van der Waals surface area contributed by atoms with Crippen molar-refractivity contribution in [2.45, 2.75) is 12.3 Å². The molecule has 0 aliphatic heterocycles. The van der Waals surface area contributed by atoms with Gasteiger partial charge in [-0.2, -0.15) is 0 Å². The largest absolute Gasteiger partial charge is 0.448 e. The Morgan fingerprint density at radius 3 is 2.25 bits per heavy atom. The van der Waals surface area contributed by atoms with Crippen LogP contribution in [-0.4, -0.2) is 24.4 Å². The molecular weight excluding hydrogens is 357 g/mol. The molecule has 1 aliphatic carbocycles. The summed E-state index contributed by atoms with van der Waals surface area (Å²) in [5.41, 5.74) is 5.31. The average Bonchev–Trinajstić information content (AvgIpc) is 3.02. The molecule has 2 N–H and O–H groups in total. The molecule has 28 heavy (non-hydrogen) atoms. The van der Waals surface area contributed by atoms with E-state index in [1.165, 1.54) is 6.07 Å². The molecule has 0 fully saturated rings. The van der Waals surface area contributed by atoms with Crippen LogP contribution in [0.3, 0.4) is 0 Å². The minimum atomic E-state index is -0.629. The van der Waals surface area contributed by atoms with E-state index < -0.39 is 11.9 Å². The van der Waals surface area contributed by atoms with Gasteiger partial charge in [-0.15, -0.1) is 0 Å². The molecule has 4 rings (SSSR count). The lowest BCUT2D eigenvalue weighted by Gasteiger charge is -2.15. The van der Waals surface area contributed by atoms with Gasteiger partial charge in [-0.05, 0) is 46.4 Å². The Balaban J connectivity index is 1.45. The molecule has 1 amide bonds. The maximum Gasteiger partial charge on any atom is 0.411 e. The van der Waals surface area contributed by atoms with E-state index in [0.29, 0.717) is 11.3 Å². The number of rotatable bonds is 5. The molecule has 1 aliphatic rings. The van der Waals surface area contributed by atoms with Gasteiger partial charge in [-0.25, -0.2) is 9.18 Å². The van der Waals surface area contributed by atoms with Gasteiger partial charge >= 0.3 is 6.09 Å². The monoisotopic (exact) mass is 377 g/mol. The fraction of sp³-hybridized carbons (Fsp3) is 0.174. The van der Waals surface area contributed by atoms with Gasteiger partial charge in [0.1, 0.15) is 12.4 Å². The Hall–Kier alpha value is -3.18. The Labute approximate surface area is 162 Å². The summed E-state index contributed by atoms with van der Waals surface area (Å²) in [5.74, 6) is -0.493. The molecule has 0 unspecified atom stereocenters. The van der Waals surface area contributed by atoms with E-state index >= 15 is 0 Å². The average molecular weight is 377 g/mol. The molecule has 3 aromatic carbocycles. The standard InChI is InChI=1S/C23H20FNO3/c24-22-13-16(10-9-15(22)11-12-26)25-23(27)28-14-21-19-7-3-1-5-17(19)18-6-2-4-8-20(18)21/h1-10,13,21,26H,11-12,14H2,(H,25,27). The number of amides is 1. The van der Waals surface area contributed by atoms with Gasteiger partial charge < -0.3 is 9.84 Å². The summed E-state index contributed by atoms with van der Waals surface area (Å²) in [6.07, 6.45) is -0.395. The van der Waals surface area contributed by atoms with Gasteiger partial charge in [0.15, 0.2) is 0 Å². The molecule has 4 nitrogen and oxygen atoms in total. The number of aliphatic hydroxyl groups is 1. The number of hydrogen-bond donors (Lipinski definition) is 2. The van der Waals surface area contributed by atoms with Crippen LogP contribution in [0.25, 0.3) is 11.1 Å². The van der Waals surface area contributed by atoms with E-state index in [1.807, 2.05) is 24.3 Å². The van der Waals surface area contributed by atoms with E-state index in [9.17, 15) is 9.18 Å². The number of benzene rings is 3. The second kappa shape index (κ2) is 7.82. The number of carbonyl (C=O) groups excluding carboxylic acids is 1. The van der Waals surface area contributed by atoms with Crippen molar-refractivity contribution in [2.24, 2.45) is 0 Å². The zero-order valence-electron chi connectivity index (χ0n) is 15.2. The SMILES string of the molecule is O=C(Nc1ccc(CCO)c(F)c1)OCC1c2ccccc2-c2ccccc21. The fourth-order valence-corrected chi connectivity index (χ4v) is 3.70. The summed E-state index contributed by atoms with van der Waals surface area (Å²) in [6, 6.07) is 20.6. The minimum absolute atomic E-state index is 0.0261. The van der Waals surface area contributed by atoms with Crippen LogP contribution in [0.15, 0.2) is 66.7 Å². The molecular formula is C23H20FNO3. The van der Waals surface area contributed by atoms with Crippen LogP contribution in [0.5, 0.6) is 0 Å². The quantitative estimate of drug-likeness (QED) is 0.676. The molecule has 142 valence electrons. The van der Waals surface area contributed by atoms with Crippen LogP contribution < -0.4 is 5.32 Å². The van der Waals surface area contributed by atoms with Crippen molar-refractivity contribution in [3.05, 3.63) is 89.2 Å². The Bertz CT molecular complexity index is 973. The van der Waals surface area contributed by atoms with E-state index in [-0.39, 0.29) is 25.6 Å². The first-order chi connectivity index (χ1) is 13.7. The molecule has 0 bridgehead atoms. The third-order valence-electron chi connectivity index (χ3n) is 5.02. The first-order valence-electron chi connectivity index (χ1n) is 9.18. The zero-order chi connectivity index (χ0) is 19.5. The molecule has 0 saturated carbocycles. The van der Waals surface area contributed by atoms with E-state index in [4.69, 9.17) is 9.84 Å². The lowest BCUT2D eigenvalue weighted by atomic mass is 9.98. The Morgan fingerprint density at radius 2 is 1.64 bits per heavy atom. The van der Waals surface area contributed by atoms with Crippen molar-refractivity contribution < 1.29 is 19.0 Å². The van der Waals surface area contributed by atoms with Crippen molar-refractivity contribution in [3.8, 4) is 11.1 Å². The first-order valence-corrected chi connectivity index (χ1v) is 9.18. The number of hydrogen-bond acceptors (Lipinski definition) is 3. The lowest BCUT2D eigenvalue weighted by molar-refractivity contribution is 0.158. The molecule has 3 aromatic rings. The molecule has 0 heterocycles. The number of aliphatic hydroxyl groups excluding tert-OH is 1. The van der Waals surface area contributed by atoms with Crippen LogP contribution in [0.4, 0.5) is 14.9 Å². The van der Waals surface area contributed by atoms with Crippen molar-refractivity contribution in [1.82, 2.24) is 0 Å². The third-order valence-corrected chi connectivity index (χ3v) is 5.02. The van der Waals surface area contributed by atoms with Crippen molar-refractivity contribution in [1.29, 1.82) is 0 Å². The number of ether oxygens (including phenoxy) is 1. The van der Waals surface area contributed by atoms with Crippen molar-refractivity contribution in [2.75, 3.05) is 18.5 Å². The van der Waals surface area contributed by atoms with Crippen molar-refractivity contribution in [3.63, 3.8) is 0 Å². The Morgan fingerprint density at radius 1 is 1.00 bits per heavy atom. The summed E-state index contributed by atoms with van der Waals surface area (Å²) < 4.78 is 19.4. The highest BCUT2D eigenvalue weighted by atomic mass is 19.1. The van der Waals surface area contributed by atoms with Gasteiger partial charge in [-0.3, -0.25) is 5.32 Å². The summed E-state index contributed by atoms with van der Waals surface area (Å²) in [6.45, 7) is 0.0704. The highest BCUT2D eigenvalue weighted by Crippen LogP contribution is 2.44. The molecule has 0 aromatic heterocycles. The zero-order valence-corrected chi connectivity index (χ0v) is 15.2. The third kappa shape index (κ3) is 3.49. The van der Waals surface area contributed by atoms with Gasteiger partial charge in [-0.1, -0.05) is 54.6 Å². The molecule has 5 heteroatoms. The highest BCUT2D eigenvalue weighted by molar-refractivity contribution is 5.85. The normalized spacial score (nSPS) is 12.4.